The fourth-order valence-electron chi connectivity index (χ4n) is 1.94. The molecule has 0 aromatic carbocycles. The molecule has 19 heavy (non-hydrogen) atoms. The first-order chi connectivity index (χ1) is 8.56. The van der Waals surface area contributed by atoms with Gasteiger partial charge >= 0.3 is 12.3 Å². The van der Waals surface area contributed by atoms with E-state index in [-0.39, 0.29) is 13.1 Å². The lowest BCUT2D eigenvalue weighted by molar-refractivity contribution is -0.0790. The highest BCUT2D eigenvalue weighted by molar-refractivity contribution is 5.84. The van der Waals surface area contributed by atoms with Gasteiger partial charge in [-0.15, -0.1) is 0 Å². The van der Waals surface area contributed by atoms with Crippen molar-refractivity contribution in [3.8, 4) is 0 Å². The number of hydrogen-bond donors (Lipinski definition) is 0. The van der Waals surface area contributed by atoms with Crippen molar-refractivity contribution in [3.05, 3.63) is 0 Å². The van der Waals surface area contributed by atoms with Crippen LogP contribution in [0.2, 0.25) is 0 Å². The predicted molar refractivity (Wildman–Crippen MR) is 60.0 cm³/mol. The number of likely N-dealkylation sites (tertiary alicyclic amines) is 1. The first-order valence-electron chi connectivity index (χ1n) is 5.86. The molecule has 0 aliphatic carbocycles. The zero-order valence-corrected chi connectivity index (χ0v) is 10.8. The smallest absolute Gasteiger partial charge is 0.467 e. The number of fused-ring (bicyclic) bond motifs is 1. The van der Waals surface area contributed by atoms with E-state index < -0.39 is 35.9 Å². The summed E-state index contributed by atoms with van der Waals surface area (Å²) in [7, 11) is 0. The molecule has 1 fully saturated rings. The minimum atomic E-state index is -4.57. The summed E-state index contributed by atoms with van der Waals surface area (Å²) in [4.78, 5) is 16.5. The Bertz CT molecular complexity index is 414. The molecule has 0 bridgehead atoms. The van der Waals surface area contributed by atoms with Crippen molar-refractivity contribution in [2.45, 2.75) is 44.7 Å². The van der Waals surface area contributed by atoms with E-state index in [0.29, 0.717) is 0 Å². The van der Waals surface area contributed by atoms with Gasteiger partial charge in [0, 0.05) is 0 Å². The highest BCUT2D eigenvalue weighted by Gasteiger charge is 2.50. The lowest BCUT2D eigenvalue weighted by Gasteiger charge is -2.24. The molecule has 1 saturated heterocycles. The molecule has 0 aromatic rings. The van der Waals surface area contributed by atoms with E-state index >= 15 is 0 Å². The summed E-state index contributed by atoms with van der Waals surface area (Å²) in [5, 5.41) is 0. The summed E-state index contributed by atoms with van der Waals surface area (Å²) in [6, 6.07) is -0.663. The Kier molecular flexibility index (Phi) is 3.14. The summed E-state index contributed by atoms with van der Waals surface area (Å²) in [6.45, 7) is 5.30. The van der Waals surface area contributed by atoms with E-state index in [9.17, 15) is 18.0 Å². The van der Waals surface area contributed by atoms with Crippen LogP contribution in [0.5, 0.6) is 0 Å². The van der Waals surface area contributed by atoms with Gasteiger partial charge in [0.05, 0.1) is 13.1 Å². The maximum atomic E-state index is 12.4. The minimum Gasteiger partial charge on any atom is -0.467 e. The van der Waals surface area contributed by atoms with E-state index in [2.05, 4.69) is 4.99 Å². The number of hydrogen-bond acceptors (Lipinski definition) is 4. The first-order valence-corrected chi connectivity index (χ1v) is 5.86. The maximum Gasteiger partial charge on any atom is 0.468 e. The first kappa shape index (κ1) is 14.0. The van der Waals surface area contributed by atoms with Gasteiger partial charge in [-0.25, -0.2) is 9.79 Å². The van der Waals surface area contributed by atoms with Gasteiger partial charge in [0.2, 0.25) is 0 Å². The molecule has 1 amide bonds. The van der Waals surface area contributed by atoms with Crippen LogP contribution in [0.4, 0.5) is 18.0 Å². The number of carbonyl (C=O) groups excluding carboxylic acids is 1. The van der Waals surface area contributed by atoms with Crippen LogP contribution in [-0.4, -0.2) is 53.9 Å². The van der Waals surface area contributed by atoms with Gasteiger partial charge in [-0.3, -0.25) is 0 Å². The van der Waals surface area contributed by atoms with Crippen LogP contribution < -0.4 is 0 Å². The largest absolute Gasteiger partial charge is 0.468 e. The number of halogens is 3. The van der Waals surface area contributed by atoms with Crippen molar-refractivity contribution in [3.63, 3.8) is 0 Å². The van der Waals surface area contributed by atoms with Crippen molar-refractivity contribution < 1.29 is 27.4 Å². The van der Waals surface area contributed by atoms with Crippen molar-refractivity contribution in [2.75, 3.05) is 13.1 Å². The number of alkyl halides is 3. The Morgan fingerprint density at radius 1 is 1.37 bits per heavy atom. The fourth-order valence-corrected chi connectivity index (χ4v) is 1.94. The molecule has 2 rings (SSSR count). The number of carbonyl (C=O) groups is 1. The van der Waals surface area contributed by atoms with Crippen LogP contribution in [0.1, 0.15) is 20.8 Å². The highest BCUT2D eigenvalue weighted by Crippen LogP contribution is 2.30. The quantitative estimate of drug-likeness (QED) is 0.681. The number of nitrogens with zero attached hydrogens (tertiary/aromatic N) is 2. The van der Waals surface area contributed by atoms with Crippen molar-refractivity contribution in [1.29, 1.82) is 0 Å². The Labute approximate surface area is 108 Å². The summed E-state index contributed by atoms with van der Waals surface area (Å²) < 4.78 is 47.0. The molecule has 2 atom stereocenters. The molecule has 0 aromatic heterocycles. The monoisotopic (exact) mass is 280 g/mol. The maximum absolute atomic E-state index is 12.4. The van der Waals surface area contributed by atoms with E-state index in [1.165, 1.54) is 4.90 Å². The molecule has 0 spiro atoms. The predicted octanol–water partition coefficient (Wildman–Crippen LogP) is 1.97. The third-order valence-electron chi connectivity index (χ3n) is 2.68. The van der Waals surface area contributed by atoms with Gasteiger partial charge in [0.1, 0.15) is 17.7 Å². The Morgan fingerprint density at radius 2 is 2.00 bits per heavy atom. The molecule has 2 unspecified atom stereocenters. The van der Waals surface area contributed by atoms with Crippen molar-refractivity contribution >= 4 is 12.0 Å². The second kappa shape index (κ2) is 4.28. The normalized spacial score (nSPS) is 26.8. The summed E-state index contributed by atoms with van der Waals surface area (Å²) in [5.74, 6) is -1.20. The molecule has 2 aliphatic heterocycles. The zero-order valence-electron chi connectivity index (χ0n) is 10.8. The summed E-state index contributed by atoms with van der Waals surface area (Å²) >= 11 is 0. The highest BCUT2D eigenvalue weighted by atomic mass is 19.4. The van der Waals surface area contributed by atoms with Crippen LogP contribution in [-0.2, 0) is 9.47 Å². The van der Waals surface area contributed by atoms with Crippen LogP contribution >= 0.6 is 0 Å². The third-order valence-corrected chi connectivity index (χ3v) is 2.68. The van der Waals surface area contributed by atoms with E-state index in [0.717, 1.165) is 0 Å². The lowest BCUT2D eigenvalue weighted by atomic mass is 10.2. The fraction of sp³-hybridized carbons (Fsp3) is 0.818. The van der Waals surface area contributed by atoms with Crippen molar-refractivity contribution in [2.24, 2.45) is 4.99 Å². The van der Waals surface area contributed by atoms with Gasteiger partial charge in [-0.1, -0.05) is 0 Å². The number of amides is 1. The van der Waals surface area contributed by atoms with E-state index in [1.54, 1.807) is 20.8 Å². The summed E-state index contributed by atoms with van der Waals surface area (Å²) in [6.07, 6.45) is -5.86. The number of aliphatic imine (C=N–C) groups is 1. The molecule has 0 saturated carbocycles. The molecular weight excluding hydrogens is 265 g/mol. The average molecular weight is 280 g/mol. The molecular formula is C11H15F3N2O3. The Hall–Kier alpha value is -1.47. The molecule has 5 nitrogen and oxygen atoms in total. The zero-order chi connectivity index (χ0) is 14.4. The summed E-state index contributed by atoms with van der Waals surface area (Å²) in [5.41, 5.74) is -0.643. The second-order valence-electron chi connectivity index (χ2n) is 5.54. The van der Waals surface area contributed by atoms with Crippen LogP contribution in [0.15, 0.2) is 4.99 Å². The molecule has 2 aliphatic rings. The van der Waals surface area contributed by atoms with Gasteiger partial charge < -0.3 is 14.4 Å². The Morgan fingerprint density at radius 3 is 2.47 bits per heavy atom. The lowest BCUT2D eigenvalue weighted by Crippen LogP contribution is -2.37. The van der Waals surface area contributed by atoms with Crippen LogP contribution in [0.25, 0.3) is 0 Å². The van der Waals surface area contributed by atoms with Gasteiger partial charge in [-0.05, 0) is 20.8 Å². The minimum absolute atomic E-state index is 0.0582. The van der Waals surface area contributed by atoms with Gasteiger partial charge in [0.25, 0.3) is 5.90 Å². The van der Waals surface area contributed by atoms with Gasteiger partial charge in [-0.2, -0.15) is 13.2 Å². The molecule has 2 heterocycles. The molecule has 8 heteroatoms. The number of rotatable bonds is 0. The second-order valence-corrected chi connectivity index (χ2v) is 5.54. The molecule has 108 valence electrons. The standard InChI is InChI=1S/C11H15F3N2O3/c1-10(2,3)19-9(17)16-4-6-7(5-16)18-8(15-6)11(12,13)14/h6-7H,4-5H2,1-3H3. The average Bonchev–Trinajstić information content (AvgIpc) is 2.68. The van der Waals surface area contributed by atoms with Crippen molar-refractivity contribution in [1.82, 2.24) is 4.90 Å². The van der Waals surface area contributed by atoms with Crippen LogP contribution in [0.3, 0.4) is 0 Å². The van der Waals surface area contributed by atoms with Gasteiger partial charge in [0.15, 0.2) is 0 Å². The van der Waals surface area contributed by atoms with E-state index in [1.807, 2.05) is 0 Å². The van der Waals surface area contributed by atoms with Crippen LogP contribution in [0, 0.1) is 0 Å². The molecule has 0 radical (unpaired) electrons. The number of ether oxygens (including phenoxy) is 2. The topological polar surface area (TPSA) is 51.1 Å². The Balaban J connectivity index is 1.97. The SMILES string of the molecule is CC(C)(C)OC(=O)N1CC2N=C(C(F)(F)F)OC2C1. The molecule has 0 N–H and O–H groups in total. The van der Waals surface area contributed by atoms with E-state index in [4.69, 9.17) is 9.47 Å². The third kappa shape index (κ3) is 3.10.